The molecule has 0 amide bonds. The van der Waals surface area contributed by atoms with E-state index in [-0.39, 0.29) is 5.54 Å². The highest BCUT2D eigenvalue weighted by Crippen LogP contribution is 2.26. The molecule has 0 aromatic rings. The summed E-state index contributed by atoms with van der Waals surface area (Å²) in [6.45, 7) is 11.2. The Morgan fingerprint density at radius 3 is 2.30 bits per heavy atom. The normalized spacial score (nSPS) is 19.6. The average molecular weight is 280 g/mol. The number of rotatable bonds is 9. The molecule has 0 aromatic heterocycles. The Kier molecular flexibility index (Phi) is 8.47. The summed E-state index contributed by atoms with van der Waals surface area (Å²) in [5, 5.41) is 3.59. The van der Waals surface area contributed by atoms with Crippen LogP contribution in [0.15, 0.2) is 12.7 Å². The lowest BCUT2D eigenvalue weighted by molar-refractivity contribution is 0.0820. The third-order valence-corrected chi connectivity index (χ3v) is 5.02. The predicted molar refractivity (Wildman–Crippen MR) is 90.2 cm³/mol. The van der Waals surface area contributed by atoms with Gasteiger partial charge in [0.15, 0.2) is 0 Å². The molecule has 0 aliphatic carbocycles. The molecule has 0 spiro atoms. The van der Waals surface area contributed by atoms with Crippen LogP contribution in [0.4, 0.5) is 0 Å². The van der Waals surface area contributed by atoms with Crippen molar-refractivity contribution in [3.63, 3.8) is 0 Å². The minimum Gasteiger partial charge on any atom is -0.315 e. The largest absolute Gasteiger partial charge is 0.315 e. The minimum atomic E-state index is 0.275. The predicted octanol–water partition coefficient (Wildman–Crippen LogP) is 4.37. The Hall–Kier alpha value is -0.340. The number of hydrogen-bond donors (Lipinski definition) is 1. The van der Waals surface area contributed by atoms with E-state index in [0.29, 0.717) is 6.04 Å². The van der Waals surface area contributed by atoms with Gasteiger partial charge in [-0.25, -0.2) is 0 Å². The van der Waals surface area contributed by atoms with Crippen LogP contribution < -0.4 is 5.32 Å². The van der Waals surface area contributed by atoms with Crippen LogP contribution in [-0.2, 0) is 0 Å². The van der Waals surface area contributed by atoms with Gasteiger partial charge in [-0.3, -0.25) is 4.90 Å². The third-order valence-electron chi connectivity index (χ3n) is 5.02. The van der Waals surface area contributed by atoms with Gasteiger partial charge >= 0.3 is 0 Å². The summed E-state index contributed by atoms with van der Waals surface area (Å²) in [5.41, 5.74) is 0.275. The zero-order valence-electron chi connectivity index (χ0n) is 14.1. The molecule has 1 heterocycles. The van der Waals surface area contributed by atoms with Crippen molar-refractivity contribution in [1.29, 1.82) is 0 Å². The van der Waals surface area contributed by atoms with E-state index in [9.17, 15) is 0 Å². The van der Waals surface area contributed by atoms with E-state index in [4.69, 9.17) is 0 Å². The molecule has 2 nitrogen and oxygen atoms in total. The summed E-state index contributed by atoms with van der Waals surface area (Å²) < 4.78 is 0. The van der Waals surface area contributed by atoms with Gasteiger partial charge in [0.05, 0.1) is 0 Å². The highest BCUT2D eigenvalue weighted by Gasteiger charge is 2.34. The van der Waals surface area contributed by atoms with E-state index < -0.39 is 0 Å². The first-order chi connectivity index (χ1) is 9.62. The van der Waals surface area contributed by atoms with E-state index in [1.807, 2.05) is 6.08 Å². The number of nitrogens with one attached hydrogen (secondary N) is 1. The van der Waals surface area contributed by atoms with Crippen molar-refractivity contribution in [2.75, 3.05) is 20.1 Å². The SMILES string of the molecule is C=CCCCCCC(NC)C(C)(C)N1CCCCCC1. The highest BCUT2D eigenvalue weighted by molar-refractivity contribution is 4.93. The van der Waals surface area contributed by atoms with Crippen molar-refractivity contribution in [3.8, 4) is 0 Å². The number of hydrogen-bond acceptors (Lipinski definition) is 2. The molecule has 1 saturated heterocycles. The van der Waals surface area contributed by atoms with E-state index in [0.717, 1.165) is 0 Å². The van der Waals surface area contributed by atoms with E-state index >= 15 is 0 Å². The molecule has 0 aromatic carbocycles. The van der Waals surface area contributed by atoms with Gasteiger partial charge in [0, 0.05) is 11.6 Å². The van der Waals surface area contributed by atoms with Crippen LogP contribution in [0.2, 0.25) is 0 Å². The molecule has 1 N–H and O–H groups in total. The Bertz CT molecular complexity index is 252. The van der Waals surface area contributed by atoms with Crippen LogP contribution in [0.1, 0.15) is 71.6 Å². The molecule has 0 bridgehead atoms. The second kappa shape index (κ2) is 9.57. The maximum atomic E-state index is 3.80. The monoisotopic (exact) mass is 280 g/mol. The fourth-order valence-electron chi connectivity index (χ4n) is 3.53. The first-order valence-electron chi connectivity index (χ1n) is 8.66. The van der Waals surface area contributed by atoms with Gasteiger partial charge in [-0.05, 0) is 66.1 Å². The Labute approximate surface area is 127 Å². The number of allylic oxidation sites excluding steroid dienone is 1. The van der Waals surface area contributed by atoms with Crippen LogP contribution in [0.5, 0.6) is 0 Å². The lowest BCUT2D eigenvalue weighted by atomic mass is 9.88. The van der Waals surface area contributed by atoms with Gasteiger partial charge in [0.1, 0.15) is 0 Å². The molecule has 20 heavy (non-hydrogen) atoms. The first-order valence-corrected chi connectivity index (χ1v) is 8.66. The molecule has 0 radical (unpaired) electrons. The van der Waals surface area contributed by atoms with Gasteiger partial charge < -0.3 is 5.32 Å². The average Bonchev–Trinajstić information content (AvgIpc) is 2.72. The van der Waals surface area contributed by atoms with Crippen molar-refractivity contribution >= 4 is 0 Å². The van der Waals surface area contributed by atoms with Gasteiger partial charge in [-0.15, -0.1) is 6.58 Å². The number of nitrogens with zero attached hydrogens (tertiary/aromatic N) is 1. The van der Waals surface area contributed by atoms with E-state index in [2.05, 4.69) is 37.7 Å². The maximum Gasteiger partial charge on any atom is 0.0306 e. The van der Waals surface area contributed by atoms with Crippen molar-refractivity contribution in [2.24, 2.45) is 0 Å². The van der Waals surface area contributed by atoms with Crippen molar-refractivity contribution < 1.29 is 0 Å². The standard InChI is InChI=1S/C18H36N2/c1-5-6-7-8-11-14-17(19-4)18(2,3)20-15-12-9-10-13-16-20/h5,17,19H,1,6-16H2,2-4H3. The molecule has 1 aliphatic heterocycles. The summed E-state index contributed by atoms with van der Waals surface area (Å²) in [5.74, 6) is 0. The highest BCUT2D eigenvalue weighted by atomic mass is 15.2. The van der Waals surface area contributed by atoms with Crippen molar-refractivity contribution in [1.82, 2.24) is 10.2 Å². The molecule has 1 rings (SSSR count). The molecular weight excluding hydrogens is 244 g/mol. The summed E-state index contributed by atoms with van der Waals surface area (Å²) in [7, 11) is 2.13. The Morgan fingerprint density at radius 2 is 1.75 bits per heavy atom. The molecule has 1 unspecified atom stereocenters. The fraction of sp³-hybridized carbons (Fsp3) is 0.889. The summed E-state index contributed by atoms with van der Waals surface area (Å²) in [4.78, 5) is 2.73. The van der Waals surface area contributed by atoms with Crippen molar-refractivity contribution in [2.45, 2.75) is 83.2 Å². The van der Waals surface area contributed by atoms with E-state index in [1.165, 1.54) is 70.9 Å². The maximum absolute atomic E-state index is 3.80. The molecule has 1 fully saturated rings. The lowest BCUT2D eigenvalue weighted by Crippen LogP contribution is -2.57. The third kappa shape index (κ3) is 5.57. The molecule has 1 atom stereocenters. The minimum absolute atomic E-state index is 0.275. The molecule has 1 aliphatic rings. The molecular formula is C18H36N2. The van der Waals surface area contributed by atoms with Crippen LogP contribution in [0.3, 0.4) is 0 Å². The van der Waals surface area contributed by atoms with Gasteiger partial charge in [-0.1, -0.05) is 31.8 Å². The summed E-state index contributed by atoms with van der Waals surface area (Å²) in [6, 6.07) is 0.601. The van der Waals surface area contributed by atoms with E-state index in [1.54, 1.807) is 0 Å². The zero-order valence-corrected chi connectivity index (χ0v) is 14.1. The first kappa shape index (κ1) is 17.7. The lowest BCUT2D eigenvalue weighted by Gasteiger charge is -2.44. The Morgan fingerprint density at radius 1 is 1.10 bits per heavy atom. The van der Waals surface area contributed by atoms with Crippen LogP contribution in [0.25, 0.3) is 0 Å². The molecule has 0 saturated carbocycles. The number of likely N-dealkylation sites (N-methyl/N-ethyl adjacent to an activating group) is 1. The van der Waals surface area contributed by atoms with Gasteiger partial charge in [0.2, 0.25) is 0 Å². The van der Waals surface area contributed by atoms with Gasteiger partial charge in [-0.2, -0.15) is 0 Å². The summed E-state index contributed by atoms with van der Waals surface area (Å²) in [6.07, 6.45) is 14.0. The van der Waals surface area contributed by atoms with Crippen LogP contribution in [-0.4, -0.2) is 36.6 Å². The van der Waals surface area contributed by atoms with Crippen molar-refractivity contribution in [3.05, 3.63) is 12.7 Å². The smallest absolute Gasteiger partial charge is 0.0306 e. The van der Waals surface area contributed by atoms with Crippen LogP contribution >= 0.6 is 0 Å². The molecule has 118 valence electrons. The van der Waals surface area contributed by atoms with Crippen LogP contribution in [0, 0.1) is 0 Å². The Balaban J connectivity index is 2.45. The number of likely N-dealkylation sites (tertiary alicyclic amines) is 1. The van der Waals surface area contributed by atoms with Gasteiger partial charge in [0.25, 0.3) is 0 Å². The second-order valence-electron chi connectivity index (χ2n) is 6.82. The summed E-state index contributed by atoms with van der Waals surface area (Å²) >= 11 is 0. The topological polar surface area (TPSA) is 15.3 Å². The number of unbranched alkanes of at least 4 members (excludes halogenated alkanes) is 3. The molecule has 2 heteroatoms. The quantitative estimate of drug-likeness (QED) is 0.498. The fourth-order valence-corrected chi connectivity index (χ4v) is 3.53. The zero-order chi connectivity index (χ0) is 14.8. The second-order valence-corrected chi connectivity index (χ2v) is 6.82.